The molecule has 0 saturated carbocycles. The summed E-state index contributed by atoms with van der Waals surface area (Å²) in [7, 11) is 0. The number of nitrogens with zero attached hydrogens (tertiary/aromatic N) is 1. The predicted molar refractivity (Wildman–Crippen MR) is 155 cm³/mol. The maximum atomic E-state index is 14.6. The topological polar surface area (TPSA) is 92.8 Å². The molecule has 0 bridgehead atoms. The van der Waals surface area contributed by atoms with Gasteiger partial charge in [-0.2, -0.15) is 0 Å². The standard InChI is InChI=1S/C33H24N2O5S/c1-19(36)40-22-14-12-21(13-15-22)29(37)28-27(30(38)26-11-6-18-41-26)33(24-9-4-5-10-25(24)34-32(33)39)31-23-8-3-2-7-20(23)16-17-35(28)31/h2-18,27-28,31H,1H3,(H,34,39)/t27-,28+,31-,33+/m1/s1. The van der Waals surface area contributed by atoms with Gasteiger partial charge in [-0.1, -0.05) is 48.5 Å². The normalized spacial score (nSPS) is 23.5. The second-order valence-electron chi connectivity index (χ2n) is 10.4. The van der Waals surface area contributed by atoms with Crippen molar-refractivity contribution < 1.29 is 23.9 Å². The Labute approximate surface area is 240 Å². The summed E-state index contributed by atoms with van der Waals surface area (Å²) in [6, 6.07) is 23.5. The fourth-order valence-electron chi connectivity index (χ4n) is 6.76. The molecule has 0 aliphatic carbocycles. The van der Waals surface area contributed by atoms with E-state index in [4.69, 9.17) is 4.74 Å². The molecule has 1 spiro atoms. The molecule has 3 aliphatic heterocycles. The van der Waals surface area contributed by atoms with E-state index in [0.29, 0.717) is 27.4 Å². The molecule has 7 nitrogen and oxygen atoms in total. The Kier molecular flexibility index (Phi) is 5.76. The molecule has 7 rings (SSSR count). The molecule has 1 fully saturated rings. The molecule has 0 radical (unpaired) electrons. The summed E-state index contributed by atoms with van der Waals surface area (Å²) >= 11 is 1.30. The number of fused-ring (bicyclic) bond motifs is 6. The molecule has 41 heavy (non-hydrogen) atoms. The Morgan fingerprint density at radius 1 is 0.902 bits per heavy atom. The summed E-state index contributed by atoms with van der Waals surface area (Å²) in [5.41, 5.74) is 2.16. The summed E-state index contributed by atoms with van der Waals surface area (Å²) in [6.45, 7) is 1.31. The Bertz CT molecular complexity index is 1760. The first-order chi connectivity index (χ1) is 19.9. The van der Waals surface area contributed by atoms with Crippen molar-refractivity contribution in [2.75, 3.05) is 5.32 Å². The highest BCUT2D eigenvalue weighted by Crippen LogP contribution is 2.62. The molecule has 1 amide bonds. The average Bonchev–Trinajstić information content (AvgIpc) is 3.69. The van der Waals surface area contributed by atoms with E-state index in [1.165, 1.54) is 18.3 Å². The number of anilines is 1. The van der Waals surface area contributed by atoms with E-state index in [1.54, 1.807) is 36.4 Å². The molecule has 8 heteroatoms. The summed E-state index contributed by atoms with van der Waals surface area (Å²) in [5, 5.41) is 4.87. The van der Waals surface area contributed by atoms with Gasteiger partial charge in [0.2, 0.25) is 5.91 Å². The Hall–Kier alpha value is -4.82. The van der Waals surface area contributed by atoms with Crippen molar-refractivity contribution in [3.8, 4) is 5.75 Å². The van der Waals surface area contributed by atoms with Crippen LogP contribution in [0.2, 0.25) is 0 Å². The largest absolute Gasteiger partial charge is 0.427 e. The lowest BCUT2D eigenvalue weighted by Gasteiger charge is -2.38. The Morgan fingerprint density at radius 3 is 2.41 bits per heavy atom. The van der Waals surface area contributed by atoms with Gasteiger partial charge < -0.3 is 15.0 Å². The minimum Gasteiger partial charge on any atom is -0.427 e. The highest BCUT2D eigenvalue weighted by molar-refractivity contribution is 7.12. The van der Waals surface area contributed by atoms with Crippen LogP contribution in [0.25, 0.3) is 6.08 Å². The number of ether oxygens (including phenoxy) is 1. The van der Waals surface area contributed by atoms with Crippen molar-refractivity contribution in [1.29, 1.82) is 0 Å². The van der Waals surface area contributed by atoms with Crippen LogP contribution in [0.15, 0.2) is 96.5 Å². The third-order valence-corrected chi connectivity index (χ3v) is 9.17. The van der Waals surface area contributed by atoms with E-state index in [2.05, 4.69) is 5.32 Å². The van der Waals surface area contributed by atoms with Crippen LogP contribution in [0.3, 0.4) is 0 Å². The van der Waals surface area contributed by atoms with Crippen molar-refractivity contribution >= 4 is 46.5 Å². The molecule has 0 unspecified atom stereocenters. The third kappa shape index (κ3) is 3.64. The summed E-state index contributed by atoms with van der Waals surface area (Å²) in [5.74, 6) is -2.01. The minimum atomic E-state index is -1.36. The molecule has 1 saturated heterocycles. The zero-order valence-electron chi connectivity index (χ0n) is 21.9. The van der Waals surface area contributed by atoms with Gasteiger partial charge in [0.1, 0.15) is 17.2 Å². The van der Waals surface area contributed by atoms with E-state index in [0.717, 1.165) is 11.1 Å². The lowest BCUT2D eigenvalue weighted by molar-refractivity contribution is -0.131. The second-order valence-corrected chi connectivity index (χ2v) is 11.4. The van der Waals surface area contributed by atoms with E-state index in [1.807, 2.05) is 71.1 Å². The summed E-state index contributed by atoms with van der Waals surface area (Å²) in [6.07, 6.45) is 3.78. The molecular weight excluding hydrogens is 536 g/mol. The number of amides is 1. The number of rotatable bonds is 5. The van der Waals surface area contributed by atoms with Crippen LogP contribution in [-0.2, 0) is 15.0 Å². The zero-order valence-corrected chi connectivity index (χ0v) is 22.8. The number of hydrogen-bond donors (Lipinski definition) is 1. The molecule has 4 atom stereocenters. The third-order valence-electron chi connectivity index (χ3n) is 8.29. The van der Waals surface area contributed by atoms with Gasteiger partial charge in [-0.15, -0.1) is 11.3 Å². The van der Waals surface area contributed by atoms with Crippen molar-refractivity contribution in [3.05, 3.63) is 124 Å². The van der Waals surface area contributed by atoms with Crippen LogP contribution >= 0.6 is 11.3 Å². The first kappa shape index (κ1) is 25.2. The monoisotopic (exact) mass is 560 g/mol. The van der Waals surface area contributed by atoms with Gasteiger partial charge in [0.05, 0.1) is 16.8 Å². The van der Waals surface area contributed by atoms with Crippen LogP contribution in [0, 0.1) is 5.92 Å². The number of hydrogen-bond acceptors (Lipinski definition) is 7. The van der Waals surface area contributed by atoms with Crippen molar-refractivity contribution in [3.63, 3.8) is 0 Å². The highest BCUT2D eigenvalue weighted by Gasteiger charge is 2.70. The van der Waals surface area contributed by atoms with Crippen LogP contribution in [-0.4, -0.2) is 34.4 Å². The average molecular weight is 561 g/mol. The molecule has 3 aromatic carbocycles. The fourth-order valence-corrected chi connectivity index (χ4v) is 7.47. The Morgan fingerprint density at radius 2 is 1.66 bits per heavy atom. The van der Waals surface area contributed by atoms with Gasteiger partial charge in [0.15, 0.2) is 11.6 Å². The Balaban J connectivity index is 1.47. The minimum absolute atomic E-state index is 0.248. The number of benzene rings is 3. The number of carbonyl (C=O) groups is 4. The van der Waals surface area contributed by atoms with E-state index in [9.17, 15) is 19.2 Å². The number of carbonyl (C=O) groups excluding carboxylic acids is 4. The molecule has 202 valence electrons. The molecule has 1 N–H and O–H groups in total. The smallest absolute Gasteiger partial charge is 0.308 e. The number of Topliss-reactive ketones (excluding diaryl/α,β-unsaturated/α-hetero) is 2. The molecule has 4 aromatic rings. The van der Waals surface area contributed by atoms with Crippen LogP contribution < -0.4 is 10.1 Å². The molecule has 3 aliphatic rings. The zero-order chi connectivity index (χ0) is 28.3. The van der Waals surface area contributed by atoms with Gasteiger partial charge in [0, 0.05) is 24.4 Å². The maximum Gasteiger partial charge on any atom is 0.308 e. The fraction of sp³-hybridized carbons (Fsp3) is 0.152. The second kappa shape index (κ2) is 9.38. The van der Waals surface area contributed by atoms with Gasteiger partial charge in [-0.25, -0.2) is 0 Å². The van der Waals surface area contributed by atoms with Gasteiger partial charge in [-0.3, -0.25) is 19.2 Å². The van der Waals surface area contributed by atoms with Crippen molar-refractivity contribution in [2.24, 2.45) is 5.92 Å². The van der Waals surface area contributed by atoms with E-state index in [-0.39, 0.29) is 17.5 Å². The van der Waals surface area contributed by atoms with Crippen LogP contribution in [0.4, 0.5) is 5.69 Å². The summed E-state index contributed by atoms with van der Waals surface area (Å²) in [4.78, 5) is 57.3. The van der Waals surface area contributed by atoms with Gasteiger partial charge in [-0.05, 0) is 64.5 Å². The van der Waals surface area contributed by atoms with Crippen LogP contribution in [0.5, 0.6) is 5.75 Å². The lowest BCUT2D eigenvalue weighted by atomic mass is 9.63. The molecule has 1 aromatic heterocycles. The van der Waals surface area contributed by atoms with Gasteiger partial charge >= 0.3 is 5.97 Å². The number of ketones is 2. The lowest BCUT2D eigenvalue weighted by Crippen LogP contribution is -2.49. The first-order valence-electron chi connectivity index (χ1n) is 13.3. The predicted octanol–water partition coefficient (Wildman–Crippen LogP) is 5.66. The number of nitrogens with one attached hydrogen (secondary N) is 1. The number of thiophene rings is 1. The SMILES string of the molecule is CC(=O)Oc1ccc(C(=O)[C@@H]2[C@H](C(=O)c3cccs3)[C@]3(C(=O)Nc4ccccc43)[C@H]3c4ccccc4C=CN23)cc1. The maximum absolute atomic E-state index is 14.6. The van der Waals surface area contributed by atoms with Crippen molar-refractivity contribution in [2.45, 2.75) is 24.4 Å². The van der Waals surface area contributed by atoms with E-state index >= 15 is 0 Å². The summed E-state index contributed by atoms with van der Waals surface area (Å²) < 4.78 is 5.16. The quantitative estimate of drug-likeness (QED) is 0.193. The van der Waals surface area contributed by atoms with Gasteiger partial charge in [0.25, 0.3) is 0 Å². The van der Waals surface area contributed by atoms with Crippen LogP contribution in [0.1, 0.15) is 49.7 Å². The molecule has 4 heterocycles. The first-order valence-corrected chi connectivity index (χ1v) is 14.1. The number of esters is 1. The highest BCUT2D eigenvalue weighted by atomic mass is 32.1. The van der Waals surface area contributed by atoms with Crippen molar-refractivity contribution in [1.82, 2.24) is 4.90 Å². The number of para-hydroxylation sites is 1. The molecular formula is C33H24N2O5S. The van der Waals surface area contributed by atoms with E-state index < -0.39 is 29.4 Å².